The fraction of sp³-hybridized carbons (Fsp3) is 0.286. The molecule has 0 atom stereocenters. The Bertz CT molecular complexity index is 843. The van der Waals surface area contributed by atoms with Crippen molar-refractivity contribution in [3.05, 3.63) is 59.9 Å². The highest BCUT2D eigenvalue weighted by molar-refractivity contribution is 5.96. The summed E-state index contributed by atoms with van der Waals surface area (Å²) in [6, 6.07) is 12.6. The molecule has 0 heterocycles. The van der Waals surface area contributed by atoms with Gasteiger partial charge in [0.15, 0.2) is 0 Å². The molecule has 154 valence electrons. The van der Waals surface area contributed by atoms with Crippen LogP contribution in [0.1, 0.15) is 25.3 Å². The lowest BCUT2D eigenvalue weighted by molar-refractivity contribution is -0.118. The summed E-state index contributed by atoms with van der Waals surface area (Å²) in [6.07, 6.45) is 1.88. The Morgan fingerprint density at radius 3 is 2.48 bits per heavy atom. The number of hydrogen-bond acceptors (Lipinski definition) is 4. The summed E-state index contributed by atoms with van der Waals surface area (Å²) in [6.45, 7) is 2.31. The second kappa shape index (κ2) is 11.4. The number of carbonyl (C=O) groups excluding carboxylic acids is 3. The van der Waals surface area contributed by atoms with E-state index in [-0.39, 0.29) is 24.6 Å². The molecular formula is C21H25FN4O3. The van der Waals surface area contributed by atoms with E-state index in [4.69, 9.17) is 0 Å². The molecule has 2 aromatic rings. The van der Waals surface area contributed by atoms with Crippen LogP contribution >= 0.6 is 0 Å². The summed E-state index contributed by atoms with van der Waals surface area (Å²) in [5.74, 6) is -1.47. The van der Waals surface area contributed by atoms with Crippen LogP contribution in [0.2, 0.25) is 0 Å². The van der Waals surface area contributed by atoms with Crippen LogP contribution in [-0.2, 0) is 16.0 Å². The molecular weight excluding hydrogens is 375 g/mol. The SMILES string of the molecule is CCCCNC(=O)NC(=O)CNc1ccc(F)c(NC(=O)Cc2ccccc2)c1. The monoisotopic (exact) mass is 400 g/mol. The lowest BCUT2D eigenvalue weighted by atomic mass is 10.1. The first kappa shape index (κ1) is 21.9. The van der Waals surface area contributed by atoms with Gasteiger partial charge in [0, 0.05) is 12.2 Å². The van der Waals surface area contributed by atoms with Gasteiger partial charge in [0.25, 0.3) is 0 Å². The number of hydrogen-bond donors (Lipinski definition) is 4. The summed E-state index contributed by atoms with van der Waals surface area (Å²) in [7, 11) is 0. The van der Waals surface area contributed by atoms with Gasteiger partial charge in [-0.3, -0.25) is 14.9 Å². The van der Waals surface area contributed by atoms with Crippen molar-refractivity contribution < 1.29 is 18.8 Å². The van der Waals surface area contributed by atoms with Crippen LogP contribution < -0.4 is 21.3 Å². The molecule has 7 nitrogen and oxygen atoms in total. The van der Waals surface area contributed by atoms with Crippen LogP contribution in [0.4, 0.5) is 20.6 Å². The van der Waals surface area contributed by atoms with E-state index in [1.54, 1.807) is 0 Å². The Labute approximate surface area is 169 Å². The van der Waals surface area contributed by atoms with Gasteiger partial charge in [0.2, 0.25) is 11.8 Å². The molecule has 0 saturated heterocycles. The Balaban J connectivity index is 1.85. The van der Waals surface area contributed by atoms with E-state index < -0.39 is 17.8 Å². The fourth-order valence-electron chi connectivity index (χ4n) is 2.48. The third-order valence-corrected chi connectivity index (χ3v) is 3.97. The maximum Gasteiger partial charge on any atom is 0.321 e. The number of halogens is 1. The average molecular weight is 400 g/mol. The molecule has 0 unspecified atom stereocenters. The number of nitrogens with one attached hydrogen (secondary N) is 4. The van der Waals surface area contributed by atoms with E-state index in [9.17, 15) is 18.8 Å². The molecule has 29 heavy (non-hydrogen) atoms. The van der Waals surface area contributed by atoms with Gasteiger partial charge in [0.1, 0.15) is 5.82 Å². The zero-order valence-electron chi connectivity index (χ0n) is 16.3. The van der Waals surface area contributed by atoms with Gasteiger partial charge >= 0.3 is 6.03 Å². The summed E-state index contributed by atoms with van der Waals surface area (Å²) >= 11 is 0. The smallest absolute Gasteiger partial charge is 0.321 e. The molecule has 0 aliphatic carbocycles. The number of imide groups is 1. The summed E-state index contributed by atoms with van der Waals surface area (Å²) in [5, 5.41) is 10.1. The number of unbranched alkanes of at least 4 members (excludes halogenated alkanes) is 1. The van der Waals surface area contributed by atoms with Crippen LogP contribution in [0.3, 0.4) is 0 Å². The Morgan fingerprint density at radius 1 is 1.00 bits per heavy atom. The van der Waals surface area contributed by atoms with Crippen molar-refractivity contribution in [3.8, 4) is 0 Å². The minimum atomic E-state index is -0.586. The van der Waals surface area contributed by atoms with Crippen LogP contribution in [0, 0.1) is 5.82 Å². The number of rotatable bonds is 9. The molecule has 0 fully saturated rings. The van der Waals surface area contributed by atoms with Crippen molar-refractivity contribution in [1.29, 1.82) is 0 Å². The van der Waals surface area contributed by atoms with Gasteiger partial charge in [-0.25, -0.2) is 9.18 Å². The first-order valence-electron chi connectivity index (χ1n) is 9.42. The van der Waals surface area contributed by atoms with E-state index in [1.807, 2.05) is 37.3 Å². The van der Waals surface area contributed by atoms with Crippen molar-refractivity contribution >= 4 is 29.2 Å². The summed E-state index contributed by atoms with van der Waals surface area (Å²) < 4.78 is 14.0. The van der Waals surface area contributed by atoms with Gasteiger partial charge < -0.3 is 16.0 Å². The van der Waals surface area contributed by atoms with Gasteiger partial charge in [-0.2, -0.15) is 0 Å². The largest absolute Gasteiger partial charge is 0.376 e. The molecule has 0 bridgehead atoms. The zero-order chi connectivity index (χ0) is 21.1. The normalized spacial score (nSPS) is 10.1. The highest BCUT2D eigenvalue weighted by Crippen LogP contribution is 2.20. The fourth-order valence-corrected chi connectivity index (χ4v) is 2.48. The van der Waals surface area contributed by atoms with Crippen LogP contribution in [0.5, 0.6) is 0 Å². The molecule has 8 heteroatoms. The quantitative estimate of drug-likeness (QED) is 0.486. The lowest BCUT2D eigenvalue weighted by Gasteiger charge is -2.11. The molecule has 4 amide bonds. The van der Waals surface area contributed by atoms with Crippen LogP contribution in [0.25, 0.3) is 0 Å². The van der Waals surface area contributed by atoms with Crippen molar-refractivity contribution in [1.82, 2.24) is 10.6 Å². The average Bonchev–Trinajstić information content (AvgIpc) is 2.69. The highest BCUT2D eigenvalue weighted by Gasteiger charge is 2.11. The first-order chi connectivity index (χ1) is 14.0. The maximum absolute atomic E-state index is 14.0. The number of carbonyl (C=O) groups is 3. The van der Waals surface area contributed by atoms with E-state index in [1.165, 1.54) is 18.2 Å². The second-order valence-electron chi connectivity index (χ2n) is 6.42. The van der Waals surface area contributed by atoms with Crippen molar-refractivity contribution in [2.75, 3.05) is 23.7 Å². The molecule has 2 rings (SSSR count). The first-order valence-corrected chi connectivity index (χ1v) is 9.42. The standard InChI is InChI=1S/C21H25FN4O3/c1-2-3-11-23-21(29)26-20(28)14-24-16-9-10-17(22)18(13-16)25-19(27)12-15-7-5-4-6-8-15/h4-10,13,24H,2-3,11-12,14H2,1H3,(H,25,27)(H2,23,26,28,29). The van der Waals surface area contributed by atoms with Crippen molar-refractivity contribution in [2.45, 2.75) is 26.2 Å². The summed E-state index contributed by atoms with van der Waals surface area (Å²) in [4.78, 5) is 35.5. The third-order valence-electron chi connectivity index (χ3n) is 3.97. The zero-order valence-corrected chi connectivity index (χ0v) is 16.3. The molecule has 0 radical (unpaired) electrons. The Kier molecular flexibility index (Phi) is 8.62. The molecule has 4 N–H and O–H groups in total. The predicted octanol–water partition coefficient (Wildman–Crippen LogP) is 3.04. The Morgan fingerprint density at radius 2 is 1.76 bits per heavy atom. The molecule has 0 aliphatic heterocycles. The number of benzene rings is 2. The van der Waals surface area contributed by atoms with Crippen molar-refractivity contribution in [3.63, 3.8) is 0 Å². The van der Waals surface area contributed by atoms with Crippen LogP contribution in [-0.4, -0.2) is 30.9 Å². The Hall–Kier alpha value is -3.42. The van der Waals surface area contributed by atoms with Gasteiger partial charge in [0.05, 0.1) is 18.7 Å². The maximum atomic E-state index is 14.0. The van der Waals surface area contributed by atoms with Gasteiger partial charge in [-0.15, -0.1) is 0 Å². The minimum Gasteiger partial charge on any atom is -0.376 e. The highest BCUT2D eigenvalue weighted by atomic mass is 19.1. The van der Waals surface area contributed by atoms with E-state index in [0.29, 0.717) is 12.2 Å². The number of amides is 4. The van der Waals surface area contributed by atoms with E-state index in [0.717, 1.165) is 18.4 Å². The molecule has 0 aliphatic rings. The number of urea groups is 1. The third kappa shape index (κ3) is 8.00. The predicted molar refractivity (Wildman–Crippen MR) is 110 cm³/mol. The molecule has 0 aromatic heterocycles. The molecule has 0 spiro atoms. The topological polar surface area (TPSA) is 99.3 Å². The van der Waals surface area contributed by atoms with Gasteiger partial charge in [-0.05, 0) is 30.2 Å². The second-order valence-corrected chi connectivity index (χ2v) is 6.42. The van der Waals surface area contributed by atoms with Gasteiger partial charge in [-0.1, -0.05) is 43.7 Å². The van der Waals surface area contributed by atoms with E-state index in [2.05, 4.69) is 21.3 Å². The number of anilines is 2. The molecule has 2 aromatic carbocycles. The summed E-state index contributed by atoms with van der Waals surface area (Å²) in [5.41, 5.74) is 1.25. The minimum absolute atomic E-state index is 0.00801. The molecule has 0 saturated carbocycles. The lowest BCUT2D eigenvalue weighted by Crippen LogP contribution is -2.42. The van der Waals surface area contributed by atoms with E-state index >= 15 is 0 Å². The van der Waals surface area contributed by atoms with Crippen molar-refractivity contribution in [2.24, 2.45) is 0 Å². The van der Waals surface area contributed by atoms with Crippen LogP contribution in [0.15, 0.2) is 48.5 Å².